The van der Waals surface area contributed by atoms with Crippen LogP contribution in [-0.2, 0) is 0 Å². The van der Waals surface area contributed by atoms with Gasteiger partial charge in [0.2, 0.25) is 5.89 Å². The molecule has 12 aromatic rings. The number of hydrogen-bond acceptors (Lipinski definition) is 5. The Kier molecular flexibility index (Phi) is 7.16. The summed E-state index contributed by atoms with van der Waals surface area (Å²) < 4.78 is 19.2. The first-order chi connectivity index (χ1) is 28.7. The van der Waals surface area contributed by atoms with Crippen molar-refractivity contribution >= 4 is 82.8 Å². The van der Waals surface area contributed by atoms with Gasteiger partial charge in [-0.25, -0.2) is 4.98 Å². The lowest BCUT2D eigenvalue weighted by atomic mass is 9.98. The smallest absolute Gasteiger partial charge is 0.227 e. The van der Waals surface area contributed by atoms with Gasteiger partial charge < -0.3 is 18.2 Å². The molecule has 3 aromatic heterocycles. The lowest BCUT2D eigenvalue weighted by molar-refractivity contribution is 0.619. The van der Waals surface area contributed by atoms with Crippen molar-refractivity contribution in [2.24, 2.45) is 0 Å². The summed E-state index contributed by atoms with van der Waals surface area (Å²) in [6, 6.07) is 67.5. The van der Waals surface area contributed by atoms with Crippen molar-refractivity contribution in [1.82, 2.24) is 4.98 Å². The number of nitrogens with zero attached hydrogens (tertiary/aromatic N) is 2. The molecule has 0 N–H and O–H groups in total. The van der Waals surface area contributed by atoms with Crippen molar-refractivity contribution in [2.75, 3.05) is 4.90 Å². The Morgan fingerprint density at radius 1 is 0.379 bits per heavy atom. The van der Waals surface area contributed by atoms with Crippen LogP contribution in [-0.4, -0.2) is 4.98 Å². The van der Waals surface area contributed by atoms with Crippen LogP contribution in [0.5, 0.6) is 0 Å². The maximum Gasteiger partial charge on any atom is 0.227 e. The van der Waals surface area contributed by atoms with Crippen molar-refractivity contribution < 1.29 is 13.3 Å². The molecule has 0 aliphatic rings. The number of oxazole rings is 1. The van der Waals surface area contributed by atoms with Crippen molar-refractivity contribution in [3.8, 4) is 33.7 Å². The van der Waals surface area contributed by atoms with E-state index in [0.29, 0.717) is 5.89 Å². The molecule has 0 aliphatic carbocycles. The summed E-state index contributed by atoms with van der Waals surface area (Å²) in [6.07, 6.45) is 0. The van der Waals surface area contributed by atoms with Crippen LogP contribution in [0.2, 0.25) is 0 Å². The van der Waals surface area contributed by atoms with E-state index in [1.807, 2.05) is 54.6 Å². The van der Waals surface area contributed by atoms with Crippen LogP contribution in [0, 0.1) is 0 Å². The summed E-state index contributed by atoms with van der Waals surface area (Å²) in [5, 5.41) is 6.62. The first-order valence-electron chi connectivity index (χ1n) is 19.4. The summed E-state index contributed by atoms with van der Waals surface area (Å²) in [5.41, 5.74) is 13.3. The highest BCUT2D eigenvalue weighted by Crippen LogP contribution is 2.44. The molecule has 9 aromatic carbocycles. The zero-order chi connectivity index (χ0) is 38.2. The number of hydrogen-bond donors (Lipinski definition) is 0. The summed E-state index contributed by atoms with van der Waals surface area (Å²) in [4.78, 5) is 7.20. The molecule has 0 atom stereocenters. The van der Waals surface area contributed by atoms with Crippen LogP contribution in [0.3, 0.4) is 0 Å². The fourth-order valence-electron chi connectivity index (χ4n) is 8.54. The van der Waals surface area contributed by atoms with E-state index in [4.69, 9.17) is 18.2 Å². The van der Waals surface area contributed by atoms with Gasteiger partial charge in [0.05, 0.1) is 11.1 Å². The predicted octanol–water partition coefficient (Wildman–Crippen LogP) is 15.3. The topological polar surface area (TPSA) is 55.6 Å². The third-order valence-corrected chi connectivity index (χ3v) is 11.3. The maximum absolute atomic E-state index is 6.60. The molecule has 0 saturated heterocycles. The maximum atomic E-state index is 6.60. The Morgan fingerprint density at radius 2 is 1.05 bits per heavy atom. The van der Waals surface area contributed by atoms with Crippen LogP contribution >= 0.6 is 0 Å². The molecule has 0 spiro atoms. The standard InChI is InChI=1S/C53H32N2O3/c1-2-11-36(12-3-1)53-54-51-48(58-53)31-30-47-50(51)44-29-24-37(32-49(44)56-47)33-20-25-38(26-21-33)55(45-18-9-17-43-42-15-6-7-19-46(42)57-52(43)45)39-27-22-35(23-28-39)41-16-8-13-34-10-4-5-14-40(34)41/h1-32H. The quantitative estimate of drug-likeness (QED) is 0.170. The normalized spacial score (nSPS) is 11.8. The molecule has 5 nitrogen and oxygen atoms in total. The molecule has 0 fully saturated rings. The number of furan rings is 2. The van der Waals surface area contributed by atoms with E-state index in [9.17, 15) is 0 Å². The second-order valence-electron chi connectivity index (χ2n) is 14.7. The zero-order valence-corrected chi connectivity index (χ0v) is 31.1. The highest BCUT2D eigenvalue weighted by molar-refractivity contribution is 6.17. The molecular formula is C53H32N2O3. The van der Waals surface area contributed by atoms with Gasteiger partial charge in [-0.1, -0.05) is 121 Å². The molecule has 0 radical (unpaired) electrons. The van der Waals surface area contributed by atoms with Crippen molar-refractivity contribution in [3.05, 3.63) is 194 Å². The number of benzene rings is 9. The van der Waals surface area contributed by atoms with Crippen LogP contribution in [0.1, 0.15) is 0 Å². The van der Waals surface area contributed by atoms with E-state index in [2.05, 4.69) is 144 Å². The molecule has 0 bridgehead atoms. The summed E-state index contributed by atoms with van der Waals surface area (Å²) in [7, 11) is 0. The first kappa shape index (κ1) is 32.4. The van der Waals surface area contributed by atoms with E-state index >= 15 is 0 Å². The highest BCUT2D eigenvalue weighted by atomic mass is 16.4. The molecule has 12 rings (SSSR count). The van der Waals surface area contributed by atoms with E-state index in [-0.39, 0.29) is 0 Å². The Bertz CT molecular complexity index is 3500. The largest absolute Gasteiger partial charge is 0.456 e. The van der Waals surface area contributed by atoms with Gasteiger partial charge in [-0.15, -0.1) is 0 Å². The van der Waals surface area contributed by atoms with Crippen molar-refractivity contribution in [1.29, 1.82) is 0 Å². The van der Waals surface area contributed by atoms with Crippen LogP contribution < -0.4 is 4.90 Å². The molecule has 0 saturated carbocycles. The Balaban J connectivity index is 0.949. The Morgan fingerprint density at radius 3 is 1.90 bits per heavy atom. The molecule has 58 heavy (non-hydrogen) atoms. The van der Waals surface area contributed by atoms with Gasteiger partial charge in [0.25, 0.3) is 0 Å². The fraction of sp³-hybridized carbons (Fsp3) is 0. The molecule has 3 heterocycles. The molecule has 0 aliphatic heterocycles. The van der Waals surface area contributed by atoms with Gasteiger partial charge >= 0.3 is 0 Å². The first-order valence-corrected chi connectivity index (χ1v) is 19.4. The van der Waals surface area contributed by atoms with Crippen LogP contribution in [0.4, 0.5) is 17.1 Å². The van der Waals surface area contributed by atoms with Crippen LogP contribution in [0.25, 0.3) is 99.5 Å². The lowest BCUT2D eigenvalue weighted by Gasteiger charge is -2.26. The molecule has 5 heteroatoms. The van der Waals surface area contributed by atoms with E-state index in [1.54, 1.807) is 0 Å². The summed E-state index contributed by atoms with van der Waals surface area (Å²) >= 11 is 0. The van der Waals surface area contributed by atoms with E-state index < -0.39 is 0 Å². The Hall–Kier alpha value is -7.89. The van der Waals surface area contributed by atoms with E-state index in [1.165, 1.54) is 21.9 Å². The number of anilines is 3. The minimum absolute atomic E-state index is 0.598. The number of fused-ring (bicyclic) bond motifs is 9. The van der Waals surface area contributed by atoms with E-state index in [0.717, 1.165) is 88.7 Å². The van der Waals surface area contributed by atoms with Gasteiger partial charge in [0, 0.05) is 33.1 Å². The summed E-state index contributed by atoms with van der Waals surface area (Å²) in [5.74, 6) is 0.598. The third-order valence-electron chi connectivity index (χ3n) is 11.3. The van der Waals surface area contributed by atoms with Gasteiger partial charge in [-0.05, 0) is 106 Å². The number of para-hydroxylation sites is 2. The zero-order valence-electron chi connectivity index (χ0n) is 31.1. The fourth-order valence-corrected chi connectivity index (χ4v) is 8.54. The molecule has 272 valence electrons. The van der Waals surface area contributed by atoms with Gasteiger partial charge in [0.1, 0.15) is 22.3 Å². The predicted molar refractivity (Wildman–Crippen MR) is 237 cm³/mol. The minimum atomic E-state index is 0.598. The number of aromatic nitrogens is 1. The van der Waals surface area contributed by atoms with Crippen LogP contribution in [0.15, 0.2) is 207 Å². The Labute approximate surface area is 332 Å². The van der Waals surface area contributed by atoms with Gasteiger partial charge in [-0.2, -0.15) is 0 Å². The SMILES string of the molecule is c1ccc(-c2nc3c(ccc4oc5cc(-c6ccc(N(c7ccc(-c8cccc9ccccc89)cc7)c7cccc8c7oc7ccccc78)cc6)ccc5c43)o2)cc1. The third kappa shape index (κ3) is 5.14. The van der Waals surface area contributed by atoms with Gasteiger partial charge in [0.15, 0.2) is 11.2 Å². The second-order valence-corrected chi connectivity index (χ2v) is 14.7. The molecule has 0 amide bonds. The average Bonchev–Trinajstić information content (AvgIpc) is 4.01. The second kappa shape index (κ2) is 12.8. The minimum Gasteiger partial charge on any atom is -0.456 e. The highest BCUT2D eigenvalue weighted by Gasteiger charge is 2.21. The molecule has 0 unspecified atom stereocenters. The van der Waals surface area contributed by atoms with Gasteiger partial charge in [-0.3, -0.25) is 0 Å². The number of rotatable bonds is 6. The van der Waals surface area contributed by atoms with Crippen molar-refractivity contribution in [2.45, 2.75) is 0 Å². The van der Waals surface area contributed by atoms with Crippen molar-refractivity contribution in [3.63, 3.8) is 0 Å². The average molecular weight is 745 g/mol. The monoisotopic (exact) mass is 744 g/mol. The molecular weight excluding hydrogens is 713 g/mol. The lowest BCUT2D eigenvalue weighted by Crippen LogP contribution is -2.10. The summed E-state index contributed by atoms with van der Waals surface area (Å²) in [6.45, 7) is 0.